The van der Waals surface area contributed by atoms with Crippen LogP contribution < -0.4 is 0 Å². The van der Waals surface area contributed by atoms with E-state index >= 15 is 0 Å². The maximum Gasteiger partial charge on any atom is 0.416 e. The van der Waals surface area contributed by atoms with Gasteiger partial charge in [-0.05, 0) is 60.2 Å². The molecule has 0 saturated carbocycles. The summed E-state index contributed by atoms with van der Waals surface area (Å²) in [6, 6.07) is 17.6. The molecule has 40 heavy (non-hydrogen) atoms. The lowest BCUT2D eigenvalue weighted by Crippen LogP contribution is -2.05. The summed E-state index contributed by atoms with van der Waals surface area (Å²) in [5.41, 5.74) is -0.313. The summed E-state index contributed by atoms with van der Waals surface area (Å²) in [4.78, 5) is 11.4. The molecule has 0 fully saturated rings. The first-order valence-electron chi connectivity index (χ1n) is 11.4. The predicted molar refractivity (Wildman–Crippen MR) is 145 cm³/mol. The van der Waals surface area contributed by atoms with E-state index < -0.39 is 23.6 Å². The fourth-order valence-corrected chi connectivity index (χ4v) is 4.75. The maximum absolute atomic E-state index is 13.5. The Labute approximate surface area is 234 Å². The van der Waals surface area contributed by atoms with Gasteiger partial charge < -0.3 is 15.3 Å². The molecule has 0 amide bonds. The van der Waals surface area contributed by atoms with E-state index in [4.69, 9.17) is 23.2 Å². The molecule has 0 bridgehead atoms. The number of phenolic OH excluding ortho intramolecular Hbond substituents is 1. The lowest BCUT2D eigenvalue weighted by Gasteiger charge is -2.10. The molecule has 1 heterocycles. The number of aromatic nitrogens is 1. The number of para-hydroxylation sites is 1. The van der Waals surface area contributed by atoms with Crippen molar-refractivity contribution in [2.75, 3.05) is 0 Å². The van der Waals surface area contributed by atoms with Crippen molar-refractivity contribution < 1.29 is 33.3 Å². The van der Waals surface area contributed by atoms with Gasteiger partial charge in [0, 0.05) is 21.0 Å². The number of aromatic carboxylic acids is 1. The molecule has 0 radical (unpaired) electrons. The zero-order chi connectivity index (χ0) is 28.8. The SMILES string of the molecule is O=C(O)c1cccc(-c2cccc(N=Nc3c(O)n(-c4cc(Cl)cc(Cl)c4)c4cc(C(F)(F)F)ccc34)c2O)c1. The second kappa shape index (κ2) is 10.2. The van der Waals surface area contributed by atoms with Crippen molar-refractivity contribution in [1.29, 1.82) is 0 Å². The summed E-state index contributed by atoms with van der Waals surface area (Å²) >= 11 is 12.2. The lowest BCUT2D eigenvalue weighted by atomic mass is 10.0. The van der Waals surface area contributed by atoms with E-state index in [2.05, 4.69) is 10.2 Å². The van der Waals surface area contributed by atoms with Crippen LogP contribution in [0.5, 0.6) is 11.6 Å². The van der Waals surface area contributed by atoms with E-state index in [9.17, 15) is 33.3 Å². The number of phenols is 1. The highest BCUT2D eigenvalue weighted by molar-refractivity contribution is 6.34. The van der Waals surface area contributed by atoms with Crippen molar-refractivity contribution >= 4 is 51.4 Å². The Hall–Kier alpha value is -4.54. The molecule has 4 aromatic carbocycles. The monoisotopic (exact) mass is 585 g/mol. The predicted octanol–water partition coefficient (Wildman–Crippen LogP) is 9.15. The molecule has 0 atom stereocenters. The standard InChI is InChI=1S/C28H16Cl2F3N3O4/c29-17-11-18(30)13-19(12-17)36-23-10-16(28(31,32)33)7-8-21(23)24(26(36)38)35-34-22-6-2-5-20(25(22)37)14-3-1-4-15(9-14)27(39)40/h1-13,37-38H,(H,39,40). The summed E-state index contributed by atoms with van der Waals surface area (Å²) < 4.78 is 41.7. The van der Waals surface area contributed by atoms with E-state index in [-0.39, 0.29) is 54.9 Å². The minimum absolute atomic E-state index is 0.0148. The third kappa shape index (κ3) is 5.06. The number of hydrogen-bond donors (Lipinski definition) is 3. The molecule has 0 unspecified atom stereocenters. The van der Waals surface area contributed by atoms with Gasteiger partial charge in [0.1, 0.15) is 5.69 Å². The number of hydrogen-bond acceptors (Lipinski definition) is 5. The van der Waals surface area contributed by atoms with Crippen molar-refractivity contribution in [3.8, 4) is 28.4 Å². The number of nitrogens with zero attached hydrogens (tertiary/aromatic N) is 3. The molecule has 0 saturated heterocycles. The maximum atomic E-state index is 13.5. The topological polar surface area (TPSA) is 107 Å². The Balaban J connectivity index is 1.66. The van der Waals surface area contributed by atoms with Crippen LogP contribution in [0.3, 0.4) is 0 Å². The van der Waals surface area contributed by atoms with Gasteiger partial charge in [-0.2, -0.15) is 13.2 Å². The summed E-state index contributed by atoms with van der Waals surface area (Å²) in [5, 5.41) is 39.9. The van der Waals surface area contributed by atoms with E-state index in [0.717, 1.165) is 22.8 Å². The van der Waals surface area contributed by atoms with Gasteiger partial charge in [-0.1, -0.05) is 47.5 Å². The molecule has 3 N–H and O–H groups in total. The Morgan fingerprint density at radius 2 is 1.55 bits per heavy atom. The average Bonchev–Trinajstić information content (AvgIpc) is 3.17. The number of rotatable bonds is 5. The summed E-state index contributed by atoms with van der Waals surface area (Å²) in [7, 11) is 0. The van der Waals surface area contributed by atoms with Gasteiger partial charge in [-0.15, -0.1) is 10.2 Å². The average molecular weight is 586 g/mol. The molecule has 0 aliphatic carbocycles. The minimum atomic E-state index is -4.66. The quantitative estimate of drug-likeness (QED) is 0.179. The number of alkyl halides is 3. The molecule has 5 aromatic rings. The van der Waals surface area contributed by atoms with E-state index in [1.54, 1.807) is 18.2 Å². The minimum Gasteiger partial charge on any atom is -0.505 e. The highest BCUT2D eigenvalue weighted by Gasteiger charge is 2.32. The fourth-order valence-electron chi connectivity index (χ4n) is 4.23. The van der Waals surface area contributed by atoms with Crippen LogP contribution in [0.2, 0.25) is 10.0 Å². The first kappa shape index (κ1) is 27.0. The summed E-state index contributed by atoms with van der Waals surface area (Å²) in [6.45, 7) is 0. The van der Waals surface area contributed by atoms with Crippen LogP contribution in [-0.4, -0.2) is 25.9 Å². The van der Waals surface area contributed by atoms with Crippen molar-refractivity contribution in [1.82, 2.24) is 4.57 Å². The second-order valence-electron chi connectivity index (χ2n) is 8.62. The van der Waals surface area contributed by atoms with Crippen LogP contribution in [0, 0.1) is 0 Å². The number of fused-ring (bicyclic) bond motifs is 1. The molecular formula is C28H16Cl2F3N3O4. The van der Waals surface area contributed by atoms with Gasteiger partial charge in [0.05, 0.1) is 22.3 Å². The summed E-state index contributed by atoms with van der Waals surface area (Å²) in [5.74, 6) is -2.00. The van der Waals surface area contributed by atoms with Crippen LogP contribution in [0.1, 0.15) is 15.9 Å². The van der Waals surface area contributed by atoms with Gasteiger partial charge in [0.15, 0.2) is 11.4 Å². The number of carboxylic acids is 1. The van der Waals surface area contributed by atoms with Crippen LogP contribution in [0.4, 0.5) is 24.5 Å². The molecule has 12 heteroatoms. The fraction of sp³-hybridized carbons (Fsp3) is 0.0357. The second-order valence-corrected chi connectivity index (χ2v) is 9.50. The molecule has 0 aliphatic rings. The first-order valence-corrected chi connectivity index (χ1v) is 12.2. The highest BCUT2D eigenvalue weighted by atomic mass is 35.5. The van der Waals surface area contributed by atoms with Gasteiger partial charge in [-0.3, -0.25) is 4.57 Å². The van der Waals surface area contributed by atoms with E-state index in [1.807, 2.05) is 0 Å². The molecule has 5 rings (SSSR count). The van der Waals surface area contributed by atoms with Gasteiger partial charge in [0.25, 0.3) is 0 Å². The third-order valence-corrected chi connectivity index (χ3v) is 6.48. The highest BCUT2D eigenvalue weighted by Crippen LogP contribution is 2.45. The molecule has 0 aliphatic heterocycles. The van der Waals surface area contributed by atoms with E-state index in [1.165, 1.54) is 42.5 Å². The molecular weight excluding hydrogens is 570 g/mol. The zero-order valence-electron chi connectivity index (χ0n) is 20.0. The van der Waals surface area contributed by atoms with Crippen molar-refractivity contribution in [2.45, 2.75) is 6.18 Å². The molecule has 1 aromatic heterocycles. The molecule has 202 valence electrons. The van der Waals surface area contributed by atoms with Crippen molar-refractivity contribution in [3.63, 3.8) is 0 Å². The van der Waals surface area contributed by atoms with Crippen molar-refractivity contribution in [2.24, 2.45) is 10.2 Å². The van der Waals surface area contributed by atoms with Gasteiger partial charge in [-0.25, -0.2) is 4.79 Å². The Morgan fingerprint density at radius 3 is 2.23 bits per heavy atom. The van der Waals surface area contributed by atoms with Crippen molar-refractivity contribution in [3.05, 3.63) is 100 Å². The normalized spacial score (nSPS) is 11.9. The molecule has 0 spiro atoms. The number of aromatic hydroxyl groups is 2. The number of benzene rings is 4. The Bertz CT molecular complexity index is 1810. The van der Waals surface area contributed by atoms with Crippen LogP contribution >= 0.6 is 23.2 Å². The Kier molecular flexibility index (Phi) is 6.91. The van der Waals surface area contributed by atoms with Gasteiger partial charge >= 0.3 is 12.1 Å². The van der Waals surface area contributed by atoms with Gasteiger partial charge in [0.2, 0.25) is 5.88 Å². The number of azo groups is 1. The van der Waals surface area contributed by atoms with Crippen LogP contribution in [0.25, 0.3) is 27.7 Å². The van der Waals surface area contributed by atoms with Crippen LogP contribution in [0.15, 0.2) is 89.1 Å². The smallest absolute Gasteiger partial charge is 0.416 e. The number of carboxylic acid groups (broad SMARTS) is 1. The number of halogens is 5. The molecule has 7 nitrogen and oxygen atoms in total. The largest absolute Gasteiger partial charge is 0.505 e. The van der Waals surface area contributed by atoms with Crippen LogP contribution in [-0.2, 0) is 6.18 Å². The first-order chi connectivity index (χ1) is 18.9. The third-order valence-electron chi connectivity index (χ3n) is 6.04. The van der Waals surface area contributed by atoms with E-state index in [0.29, 0.717) is 5.56 Å². The number of carbonyl (C=O) groups is 1. The lowest BCUT2D eigenvalue weighted by molar-refractivity contribution is -0.137. The Morgan fingerprint density at radius 1 is 0.850 bits per heavy atom. The summed E-state index contributed by atoms with van der Waals surface area (Å²) in [6.07, 6.45) is -4.66. The zero-order valence-corrected chi connectivity index (χ0v) is 21.5.